The van der Waals surface area contributed by atoms with Gasteiger partial charge in [-0.2, -0.15) is 0 Å². The molecule has 31 heavy (non-hydrogen) atoms. The van der Waals surface area contributed by atoms with E-state index in [2.05, 4.69) is 18.2 Å². The molecule has 1 N–H and O–H groups in total. The second-order valence-corrected chi connectivity index (χ2v) is 7.82. The summed E-state index contributed by atoms with van der Waals surface area (Å²) in [6.45, 7) is 0. The maximum atomic E-state index is 13.1. The van der Waals surface area contributed by atoms with Crippen LogP contribution in [0.1, 0.15) is 27.0 Å². The van der Waals surface area contributed by atoms with Gasteiger partial charge in [-0.25, -0.2) is 4.79 Å². The lowest BCUT2D eigenvalue weighted by molar-refractivity contribution is 0.0260. The molecule has 1 aliphatic heterocycles. The molecule has 0 spiro atoms. The SMILES string of the molecule is O=C1OC(c2cccc3ccccc23)(c2ccc(O)c3ccccc23)c2ccccc21. The molecule has 0 aromatic heterocycles. The van der Waals surface area contributed by atoms with Gasteiger partial charge in [0.25, 0.3) is 0 Å². The predicted molar refractivity (Wildman–Crippen MR) is 121 cm³/mol. The van der Waals surface area contributed by atoms with Crippen molar-refractivity contribution in [3.05, 3.63) is 125 Å². The number of hydrogen-bond donors (Lipinski definition) is 1. The molecule has 148 valence electrons. The van der Waals surface area contributed by atoms with Crippen LogP contribution in [-0.4, -0.2) is 11.1 Å². The minimum atomic E-state index is -1.12. The highest BCUT2D eigenvalue weighted by atomic mass is 16.6. The number of carbonyl (C=O) groups excluding carboxylic acids is 1. The van der Waals surface area contributed by atoms with E-state index in [0.29, 0.717) is 5.56 Å². The van der Waals surface area contributed by atoms with E-state index in [-0.39, 0.29) is 11.7 Å². The minimum Gasteiger partial charge on any atom is -0.507 e. The second-order valence-electron chi connectivity index (χ2n) is 7.82. The molecule has 1 aliphatic rings. The van der Waals surface area contributed by atoms with Gasteiger partial charge in [0.2, 0.25) is 0 Å². The summed E-state index contributed by atoms with van der Waals surface area (Å²) in [6, 6.07) is 33.0. The Balaban J connectivity index is 1.82. The van der Waals surface area contributed by atoms with Gasteiger partial charge < -0.3 is 9.84 Å². The van der Waals surface area contributed by atoms with E-state index in [9.17, 15) is 9.90 Å². The van der Waals surface area contributed by atoms with Crippen LogP contribution in [0.2, 0.25) is 0 Å². The molecule has 1 unspecified atom stereocenters. The molecule has 3 nitrogen and oxygen atoms in total. The van der Waals surface area contributed by atoms with Crippen molar-refractivity contribution < 1.29 is 14.6 Å². The highest BCUT2D eigenvalue weighted by Gasteiger charge is 2.49. The van der Waals surface area contributed by atoms with Gasteiger partial charge in [0.15, 0.2) is 5.60 Å². The standard InChI is InChI=1S/C28H18O3/c29-26-17-16-25(20-11-3-4-12-21(20)26)28(24-14-6-5-13-22(24)27(30)31-28)23-15-7-9-18-8-1-2-10-19(18)23/h1-17,29H. The molecule has 0 amide bonds. The van der Waals surface area contributed by atoms with Crippen molar-refractivity contribution in [1.29, 1.82) is 0 Å². The van der Waals surface area contributed by atoms with Crippen molar-refractivity contribution in [2.24, 2.45) is 0 Å². The van der Waals surface area contributed by atoms with Crippen molar-refractivity contribution in [2.45, 2.75) is 5.60 Å². The average molecular weight is 402 g/mol. The van der Waals surface area contributed by atoms with Gasteiger partial charge in [-0.1, -0.05) is 84.9 Å². The molecule has 5 aromatic rings. The average Bonchev–Trinajstić information content (AvgIpc) is 3.12. The highest BCUT2D eigenvalue weighted by Crippen LogP contribution is 2.51. The number of cyclic esters (lactones) is 1. The Kier molecular flexibility index (Phi) is 3.68. The lowest BCUT2D eigenvalue weighted by Crippen LogP contribution is -2.30. The van der Waals surface area contributed by atoms with E-state index in [4.69, 9.17) is 4.74 Å². The number of phenolic OH excluding ortho intramolecular Hbond substituents is 1. The maximum Gasteiger partial charge on any atom is 0.340 e. The fourth-order valence-electron chi connectivity index (χ4n) is 4.88. The number of phenols is 1. The number of ether oxygens (including phenoxy) is 1. The third-order valence-corrected chi connectivity index (χ3v) is 6.22. The molecule has 0 saturated heterocycles. The van der Waals surface area contributed by atoms with Gasteiger partial charge in [-0.3, -0.25) is 0 Å². The zero-order valence-corrected chi connectivity index (χ0v) is 16.6. The van der Waals surface area contributed by atoms with Crippen LogP contribution in [0.25, 0.3) is 21.5 Å². The molecule has 0 fully saturated rings. The van der Waals surface area contributed by atoms with E-state index < -0.39 is 5.60 Å². The molecule has 3 heteroatoms. The Morgan fingerprint density at radius 1 is 0.581 bits per heavy atom. The van der Waals surface area contributed by atoms with Crippen molar-refractivity contribution >= 4 is 27.5 Å². The normalized spacial score (nSPS) is 17.6. The number of carbonyl (C=O) groups is 1. The van der Waals surface area contributed by atoms with Crippen LogP contribution in [0.4, 0.5) is 0 Å². The van der Waals surface area contributed by atoms with Gasteiger partial charge in [-0.15, -0.1) is 0 Å². The summed E-state index contributed by atoms with van der Waals surface area (Å²) >= 11 is 0. The summed E-state index contributed by atoms with van der Waals surface area (Å²) in [5.41, 5.74) is 1.98. The topological polar surface area (TPSA) is 46.5 Å². The first-order chi connectivity index (χ1) is 15.2. The van der Waals surface area contributed by atoms with E-state index in [1.165, 1.54) is 0 Å². The van der Waals surface area contributed by atoms with E-state index in [0.717, 1.165) is 38.2 Å². The number of esters is 1. The number of fused-ring (bicyclic) bond motifs is 3. The highest BCUT2D eigenvalue weighted by molar-refractivity contribution is 6.01. The quantitative estimate of drug-likeness (QED) is 0.360. The number of rotatable bonds is 2. The van der Waals surface area contributed by atoms with Crippen molar-refractivity contribution in [2.75, 3.05) is 0 Å². The Bertz CT molecular complexity index is 1500. The third-order valence-electron chi connectivity index (χ3n) is 6.22. The maximum absolute atomic E-state index is 13.1. The van der Waals surface area contributed by atoms with Gasteiger partial charge in [-0.05, 0) is 34.4 Å². The van der Waals surface area contributed by atoms with Gasteiger partial charge in [0.1, 0.15) is 5.75 Å². The smallest absolute Gasteiger partial charge is 0.340 e. The molecule has 0 saturated carbocycles. The zero-order chi connectivity index (χ0) is 21.0. The minimum absolute atomic E-state index is 0.199. The molecule has 0 aliphatic carbocycles. The lowest BCUT2D eigenvalue weighted by atomic mass is 9.76. The fourth-order valence-corrected chi connectivity index (χ4v) is 4.88. The second kappa shape index (κ2) is 6.44. The van der Waals surface area contributed by atoms with E-state index in [1.807, 2.05) is 78.9 Å². The molecular formula is C28H18O3. The summed E-state index contributed by atoms with van der Waals surface area (Å²) in [4.78, 5) is 13.1. The van der Waals surface area contributed by atoms with Gasteiger partial charge in [0, 0.05) is 22.1 Å². The number of hydrogen-bond acceptors (Lipinski definition) is 3. The van der Waals surface area contributed by atoms with Crippen LogP contribution < -0.4 is 0 Å². The summed E-state index contributed by atoms with van der Waals surface area (Å²) < 4.78 is 6.33. The number of benzene rings is 5. The van der Waals surface area contributed by atoms with E-state index >= 15 is 0 Å². The van der Waals surface area contributed by atoms with Crippen molar-refractivity contribution in [3.8, 4) is 5.75 Å². The van der Waals surface area contributed by atoms with Crippen LogP contribution in [-0.2, 0) is 10.3 Å². The molecular weight excluding hydrogens is 384 g/mol. The van der Waals surface area contributed by atoms with Crippen LogP contribution in [0, 0.1) is 0 Å². The number of aromatic hydroxyl groups is 1. The Morgan fingerprint density at radius 2 is 1.19 bits per heavy atom. The van der Waals surface area contributed by atoms with Crippen LogP contribution in [0.3, 0.4) is 0 Å². The van der Waals surface area contributed by atoms with Crippen molar-refractivity contribution in [1.82, 2.24) is 0 Å². The Labute approximate surface area is 179 Å². The van der Waals surface area contributed by atoms with Gasteiger partial charge >= 0.3 is 5.97 Å². The molecule has 0 bridgehead atoms. The molecule has 5 aromatic carbocycles. The fraction of sp³-hybridized carbons (Fsp3) is 0.0357. The van der Waals surface area contributed by atoms with Crippen molar-refractivity contribution in [3.63, 3.8) is 0 Å². The molecule has 6 rings (SSSR count). The summed E-state index contributed by atoms with van der Waals surface area (Å²) in [5.74, 6) is -0.147. The summed E-state index contributed by atoms with van der Waals surface area (Å²) in [6.07, 6.45) is 0. The zero-order valence-electron chi connectivity index (χ0n) is 16.6. The lowest BCUT2D eigenvalue weighted by Gasteiger charge is -2.32. The third kappa shape index (κ3) is 2.37. The summed E-state index contributed by atoms with van der Waals surface area (Å²) in [5, 5.41) is 14.2. The van der Waals surface area contributed by atoms with Gasteiger partial charge in [0.05, 0.1) is 5.56 Å². The first kappa shape index (κ1) is 17.7. The first-order valence-electron chi connectivity index (χ1n) is 10.2. The molecule has 1 atom stereocenters. The molecule has 1 heterocycles. The van der Waals surface area contributed by atoms with Crippen LogP contribution >= 0.6 is 0 Å². The largest absolute Gasteiger partial charge is 0.507 e. The first-order valence-corrected chi connectivity index (χ1v) is 10.2. The van der Waals surface area contributed by atoms with E-state index in [1.54, 1.807) is 6.07 Å². The van der Waals surface area contributed by atoms with Crippen LogP contribution in [0.15, 0.2) is 103 Å². The Morgan fingerprint density at radius 3 is 2.06 bits per heavy atom. The summed E-state index contributed by atoms with van der Waals surface area (Å²) in [7, 11) is 0. The molecule has 0 radical (unpaired) electrons. The van der Waals surface area contributed by atoms with Crippen LogP contribution in [0.5, 0.6) is 5.75 Å². The Hall–Kier alpha value is -4.11. The monoisotopic (exact) mass is 402 g/mol. The predicted octanol–water partition coefficient (Wildman–Crippen LogP) is 6.16.